The number of carbonyl (C=O) groups excluding carboxylic acids is 1. The van der Waals surface area contributed by atoms with Gasteiger partial charge in [-0.05, 0) is 44.5 Å². The van der Waals surface area contributed by atoms with Gasteiger partial charge in [0.25, 0.3) is 0 Å². The zero-order chi connectivity index (χ0) is 17.3. The van der Waals surface area contributed by atoms with E-state index in [2.05, 4.69) is 10.0 Å². The lowest BCUT2D eigenvalue weighted by Crippen LogP contribution is -2.31. The van der Waals surface area contributed by atoms with Gasteiger partial charge in [-0.1, -0.05) is 0 Å². The van der Waals surface area contributed by atoms with Gasteiger partial charge in [0.05, 0.1) is 11.0 Å². The molecule has 1 amide bonds. The molecule has 0 radical (unpaired) electrons. The lowest BCUT2D eigenvalue weighted by Gasteiger charge is -2.09. The smallest absolute Gasteiger partial charge is 0.240 e. The average molecular weight is 346 g/mol. The van der Waals surface area contributed by atoms with Gasteiger partial charge in [-0.25, -0.2) is 17.5 Å². The van der Waals surface area contributed by atoms with Crippen LogP contribution in [0.5, 0.6) is 0 Å². The van der Waals surface area contributed by atoms with E-state index in [-0.39, 0.29) is 29.9 Å². The summed E-state index contributed by atoms with van der Waals surface area (Å²) in [5, 5.41) is 2.69. The molecule has 0 aromatic heterocycles. The van der Waals surface area contributed by atoms with E-state index in [9.17, 15) is 17.6 Å². The summed E-state index contributed by atoms with van der Waals surface area (Å²) in [7, 11) is -3.73. The highest BCUT2D eigenvalue weighted by atomic mass is 32.2. The first kappa shape index (κ1) is 19.5. The van der Waals surface area contributed by atoms with Crippen molar-refractivity contribution in [1.29, 1.82) is 0 Å². The first-order valence-electron chi connectivity index (χ1n) is 7.45. The molecule has 0 spiro atoms. The van der Waals surface area contributed by atoms with E-state index < -0.39 is 15.8 Å². The lowest BCUT2D eigenvalue weighted by atomic mass is 10.3. The fraction of sp³-hybridized carbons (Fsp3) is 0.533. The minimum atomic E-state index is -3.73. The number of halogens is 1. The Morgan fingerprint density at radius 3 is 2.48 bits per heavy atom. The Morgan fingerprint density at radius 2 is 1.87 bits per heavy atom. The van der Waals surface area contributed by atoms with Gasteiger partial charge in [-0.3, -0.25) is 4.79 Å². The number of sulfonamides is 1. The molecule has 0 unspecified atom stereocenters. The topological polar surface area (TPSA) is 84.5 Å². The van der Waals surface area contributed by atoms with E-state index in [1.54, 1.807) is 0 Å². The highest BCUT2D eigenvalue weighted by molar-refractivity contribution is 7.89. The van der Waals surface area contributed by atoms with Gasteiger partial charge in [0.1, 0.15) is 5.82 Å². The van der Waals surface area contributed by atoms with Gasteiger partial charge < -0.3 is 10.1 Å². The molecule has 0 aliphatic carbocycles. The largest absolute Gasteiger partial charge is 0.379 e. The molecule has 130 valence electrons. The van der Waals surface area contributed by atoms with Gasteiger partial charge in [-0.15, -0.1) is 0 Å². The van der Waals surface area contributed by atoms with Gasteiger partial charge >= 0.3 is 0 Å². The molecule has 23 heavy (non-hydrogen) atoms. The molecule has 1 aromatic carbocycles. The van der Waals surface area contributed by atoms with Crippen LogP contribution in [0.3, 0.4) is 0 Å². The average Bonchev–Trinajstić information content (AvgIpc) is 2.46. The Kier molecular flexibility index (Phi) is 8.15. The SMILES string of the molecule is CC(C)OCCCNC(=O)CCNS(=O)(=O)c1ccc(F)cc1. The van der Waals surface area contributed by atoms with E-state index in [4.69, 9.17) is 4.74 Å². The van der Waals surface area contributed by atoms with Crippen molar-refractivity contribution in [3.63, 3.8) is 0 Å². The molecule has 0 aliphatic heterocycles. The summed E-state index contributed by atoms with van der Waals surface area (Å²) >= 11 is 0. The highest BCUT2D eigenvalue weighted by Crippen LogP contribution is 2.09. The van der Waals surface area contributed by atoms with Crippen molar-refractivity contribution in [3.8, 4) is 0 Å². The van der Waals surface area contributed by atoms with E-state index in [1.165, 1.54) is 12.1 Å². The summed E-state index contributed by atoms with van der Waals surface area (Å²) in [5.74, 6) is -0.749. The molecule has 0 bridgehead atoms. The molecule has 0 saturated heterocycles. The molecule has 2 N–H and O–H groups in total. The first-order chi connectivity index (χ1) is 10.8. The molecule has 1 aromatic rings. The van der Waals surface area contributed by atoms with Crippen LogP contribution in [-0.4, -0.2) is 40.1 Å². The van der Waals surface area contributed by atoms with Crippen LogP contribution in [0, 0.1) is 5.82 Å². The highest BCUT2D eigenvalue weighted by Gasteiger charge is 2.13. The summed E-state index contributed by atoms with van der Waals surface area (Å²) in [6, 6.07) is 4.49. The first-order valence-corrected chi connectivity index (χ1v) is 8.93. The van der Waals surface area contributed by atoms with E-state index in [1.807, 2.05) is 13.8 Å². The van der Waals surface area contributed by atoms with Crippen LogP contribution in [-0.2, 0) is 19.6 Å². The molecule has 8 heteroatoms. The predicted molar refractivity (Wildman–Crippen MR) is 84.9 cm³/mol. The Morgan fingerprint density at radius 1 is 1.22 bits per heavy atom. The van der Waals surface area contributed by atoms with Crippen LogP contribution < -0.4 is 10.0 Å². The summed E-state index contributed by atoms with van der Waals surface area (Å²) in [4.78, 5) is 11.5. The van der Waals surface area contributed by atoms with Crippen LogP contribution in [0.2, 0.25) is 0 Å². The second-order valence-corrected chi connectivity index (χ2v) is 6.99. The monoisotopic (exact) mass is 346 g/mol. The Labute approximate surface area is 136 Å². The number of benzene rings is 1. The standard InChI is InChI=1S/C15H23FN2O4S/c1-12(2)22-11-3-9-17-15(19)8-10-18-23(20,21)14-6-4-13(16)5-7-14/h4-7,12,18H,3,8-11H2,1-2H3,(H,17,19). The van der Waals surface area contributed by atoms with Crippen LogP contribution in [0.1, 0.15) is 26.7 Å². The third-order valence-electron chi connectivity index (χ3n) is 2.86. The summed E-state index contributed by atoms with van der Waals surface area (Å²) in [5.41, 5.74) is 0. The molecule has 0 aliphatic rings. The Hall–Kier alpha value is -1.51. The molecule has 0 saturated carbocycles. The second kappa shape index (κ2) is 9.59. The number of hydrogen-bond acceptors (Lipinski definition) is 4. The predicted octanol–water partition coefficient (Wildman–Crippen LogP) is 1.43. The van der Waals surface area contributed by atoms with Crippen molar-refractivity contribution in [2.45, 2.75) is 37.7 Å². The van der Waals surface area contributed by atoms with Crippen LogP contribution in [0.4, 0.5) is 4.39 Å². The maximum absolute atomic E-state index is 12.8. The number of nitrogens with one attached hydrogen (secondary N) is 2. The lowest BCUT2D eigenvalue weighted by molar-refractivity contribution is -0.120. The van der Waals surface area contributed by atoms with Crippen molar-refractivity contribution >= 4 is 15.9 Å². The maximum Gasteiger partial charge on any atom is 0.240 e. The molecule has 0 heterocycles. The Balaban J connectivity index is 2.25. The van der Waals surface area contributed by atoms with Gasteiger partial charge in [0, 0.05) is 26.1 Å². The summed E-state index contributed by atoms with van der Waals surface area (Å²) in [6.07, 6.45) is 0.892. The molecular weight excluding hydrogens is 323 g/mol. The molecular formula is C15H23FN2O4S. The van der Waals surface area contributed by atoms with Crippen molar-refractivity contribution < 1.29 is 22.3 Å². The van der Waals surface area contributed by atoms with Gasteiger partial charge in [0.15, 0.2) is 0 Å². The number of amides is 1. The van der Waals surface area contributed by atoms with Gasteiger partial charge in [-0.2, -0.15) is 0 Å². The minimum Gasteiger partial charge on any atom is -0.379 e. The number of hydrogen-bond donors (Lipinski definition) is 2. The third kappa shape index (κ3) is 8.06. The van der Waals surface area contributed by atoms with Crippen LogP contribution in [0.25, 0.3) is 0 Å². The van der Waals surface area contributed by atoms with Crippen molar-refractivity contribution in [2.24, 2.45) is 0 Å². The van der Waals surface area contributed by atoms with Crippen LogP contribution >= 0.6 is 0 Å². The quantitative estimate of drug-likeness (QED) is 0.628. The zero-order valence-electron chi connectivity index (χ0n) is 13.3. The maximum atomic E-state index is 12.8. The second-order valence-electron chi connectivity index (χ2n) is 5.22. The normalized spacial score (nSPS) is 11.7. The third-order valence-corrected chi connectivity index (χ3v) is 4.34. The van der Waals surface area contributed by atoms with Crippen molar-refractivity contribution in [3.05, 3.63) is 30.1 Å². The molecule has 1 rings (SSSR count). The van der Waals surface area contributed by atoms with Crippen LogP contribution in [0.15, 0.2) is 29.2 Å². The van der Waals surface area contributed by atoms with Crippen molar-refractivity contribution in [1.82, 2.24) is 10.0 Å². The zero-order valence-corrected chi connectivity index (χ0v) is 14.2. The summed E-state index contributed by atoms with van der Waals surface area (Å²) in [6.45, 7) is 4.90. The van der Waals surface area contributed by atoms with E-state index in [0.717, 1.165) is 12.1 Å². The molecule has 0 fully saturated rings. The van der Waals surface area contributed by atoms with E-state index >= 15 is 0 Å². The molecule has 0 atom stereocenters. The summed E-state index contributed by atoms with van der Waals surface area (Å²) < 4.78 is 44.2. The number of rotatable bonds is 10. The van der Waals surface area contributed by atoms with E-state index in [0.29, 0.717) is 19.6 Å². The minimum absolute atomic E-state index is 0.0198. The Bertz CT molecular complexity index is 588. The van der Waals surface area contributed by atoms with Crippen molar-refractivity contribution in [2.75, 3.05) is 19.7 Å². The number of carbonyl (C=O) groups is 1. The fourth-order valence-corrected chi connectivity index (χ4v) is 2.74. The van der Waals surface area contributed by atoms with Gasteiger partial charge in [0.2, 0.25) is 15.9 Å². The molecule has 6 nitrogen and oxygen atoms in total. The fourth-order valence-electron chi connectivity index (χ4n) is 1.70. The number of ether oxygens (including phenoxy) is 1.